The number of hydrogen-bond donors (Lipinski definition) is 2. The maximum absolute atomic E-state index is 8.63. The maximum Gasteiger partial charge on any atom is 0.163 e. The molecule has 0 heterocycles. The highest BCUT2D eigenvalue weighted by atomic mass is 16.5. The average Bonchev–Trinajstić information content (AvgIpc) is 2.18. The lowest BCUT2D eigenvalue weighted by Gasteiger charge is -2.11. The van der Waals surface area contributed by atoms with Gasteiger partial charge in [0, 0.05) is 0 Å². The summed E-state index contributed by atoms with van der Waals surface area (Å²) < 4.78 is 10.4. The van der Waals surface area contributed by atoms with Gasteiger partial charge in [0.05, 0.1) is 6.61 Å². The molecule has 4 nitrogen and oxygen atoms in total. The molecule has 0 radical (unpaired) electrons. The van der Waals surface area contributed by atoms with Gasteiger partial charge in [0.25, 0.3) is 0 Å². The van der Waals surface area contributed by atoms with Crippen LogP contribution in [0.2, 0.25) is 0 Å². The molecule has 0 bridgehead atoms. The first-order chi connectivity index (χ1) is 6.77. The third-order valence-corrected chi connectivity index (χ3v) is 1.69. The Hall–Kier alpha value is -1.26. The van der Waals surface area contributed by atoms with Gasteiger partial charge in [-0.1, -0.05) is 6.07 Å². The SMILES string of the molecule is Cc1ccc(OCN)c(OCCO)c1. The third-order valence-electron chi connectivity index (χ3n) is 1.69. The molecule has 0 saturated heterocycles. The van der Waals surface area contributed by atoms with E-state index in [2.05, 4.69) is 0 Å². The van der Waals surface area contributed by atoms with Gasteiger partial charge >= 0.3 is 0 Å². The summed E-state index contributed by atoms with van der Waals surface area (Å²) in [6.45, 7) is 2.30. The minimum absolute atomic E-state index is 0.0179. The molecule has 1 rings (SSSR count). The largest absolute Gasteiger partial charge is 0.487 e. The lowest BCUT2D eigenvalue weighted by atomic mass is 10.2. The molecule has 78 valence electrons. The molecule has 0 spiro atoms. The standard InChI is InChI=1S/C10H15NO3/c1-8-2-3-9(14-7-11)10(6-8)13-5-4-12/h2-3,6,12H,4-5,7,11H2,1H3. The molecule has 1 aromatic carbocycles. The van der Waals surface area contributed by atoms with Crippen molar-refractivity contribution in [3.8, 4) is 11.5 Å². The molecule has 0 amide bonds. The van der Waals surface area contributed by atoms with Crippen LogP contribution in [0.1, 0.15) is 5.56 Å². The molecule has 14 heavy (non-hydrogen) atoms. The lowest BCUT2D eigenvalue weighted by Crippen LogP contribution is -2.09. The smallest absolute Gasteiger partial charge is 0.163 e. The first kappa shape index (κ1) is 10.8. The molecule has 4 heteroatoms. The monoisotopic (exact) mass is 197 g/mol. The molecular formula is C10H15NO3. The van der Waals surface area contributed by atoms with Crippen molar-refractivity contribution in [3.05, 3.63) is 23.8 Å². The highest BCUT2D eigenvalue weighted by Gasteiger charge is 2.04. The van der Waals surface area contributed by atoms with Crippen molar-refractivity contribution in [1.82, 2.24) is 0 Å². The molecule has 1 aromatic rings. The van der Waals surface area contributed by atoms with Crippen molar-refractivity contribution in [2.45, 2.75) is 6.92 Å². The van der Waals surface area contributed by atoms with Crippen LogP contribution in [0.4, 0.5) is 0 Å². The van der Waals surface area contributed by atoms with Crippen molar-refractivity contribution >= 4 is 0 Å². The molecule has 0 aromatic heterocycles. The molecule has 0 aliphatic heterocycles. The van der Waals surface area contributed by atoms with Crippen molar-refractivity contribution in [2.75, 3.05) is 19.9 Å². The summed E-state index contributed by atoms with van der Waals surface area (Å²) in [4.78, 5) is 0. The first-order valence-corrected chi connectivity index (χ1v) is 4.45. The number of aliphatic hydroxyl groups excluding tert-OH is 1. The predicted molar refractivity (Wildman–Crippen MR) is 53.4 cm³/mol. The second-order valence-electron chi connectivity index (χ2n) is 2.83. The summed E-state index contributed by atoms with van der Waals surface area (Å²) in [5.74, 6) is 1.22. The van der Waals surface area contributed by atoms with E-state index in [1.807, 2.05) is 19.1 Å². The van der Waals surface area contributed by atoms with E-state index in [9.17, 15) is 0 Å². The molecular weight excluding hydrogens is 182 g/mol. The van der Waals surface area contributed by atoms with E-state index in [-0.39, 0.29) is 19.9 Å². The Morgan fingerprint density at radius 2 is 2.07 bits per heavy atom. The zero-order valence-corrected chi connectivity index (χ0v) is 8.19. The maximum atomic E-state index is 8.63. The fourth-order valence-corrected chi connectivity index (χ4v) is 1.09. The van der Waals surface area contributed by atoms with Crippen molar-refractivity contribution < 1.29 is 14.6 Å². The highest BCUT2D eigenvalue weighted by molar-refractivity contribution is 5.42. The van der Waals surface area contributed by atoms with E-state index >= 15 is 0 Å². The number of rotatable bonds is 5. The van der Waals surface area contributed by atoms with Gasteiger partial charge in [-0.15, -0.1) is 0 Å². The second-order valence-corrected chi connectivity index (χ2v) is 2.83. The number of nitrogens with two attached hydrogens (primary N) is 1. The van der Waals surface area contributed by atoms with E-state index in [4.69, 9.17) is 20.3 Å². The van der Waals surface area contributed by atoms with Gasteiger partial charge in [-0.05, 0) is 24.6 Å². The first-order valence-electron chi connectivity index (χ1n) is 4.45. The Labute approximate surface area is 83.3 Å². The summed E-state index contributed by atoms with van der Waals surface area (Å²) in [5.41, 5.74) is 6.34. The van der Waals surface area contributed by atoms with Crippen LogP contribution in [0.5, 0.6) is 11.5 Å². The zero-order valence-electron chi connectivity index (χ0n) is 8.19. The molecule has 0 unspecified atom stereocenters. The number of benzene rings is 1. The number of ether oxygens (including phenoxy) is 2. The minimum atomic E-state index is -0.0179. The molecule has 3 N–H and O–H groups in total. The van der Waals surface area contributed by atoms with Gasteiger partial charge in [-0.2, -0.15) is 0 Å². The van der Waals surface area contributed by atoms with Gasteiger partial charge < -0.3 is 14.6 Å². The van der Waals surface area contributed by atoms with E-state index in [1.54, 1.807) is 6.07 Å². The molecule has 0 fully saturated rings. The minimum Gasteiger partial charge on any atom is -0.487 e. The summed E-state index contributed by atoms with van der Waals surface area (Å²) in [7, 11) is 0. The van der Waals surface area contributed by atoms with Gasteiger partial charge in [-0.25, -0.2) is 0 Å². The Balaban J connectivity index is 2.79. The van der Waals surface area contributed by atoms with Crippen LogP contribution in [0.15, 0.2) is 18.2 Å². The van der Waals surface area contributed by atoms with Crippen molar-refractivity contribution in [3.63, 3.8) is 0 Å². The number of aliphatic hydroxyl groups is 1. The molecule has 0 atom stereocenters. The Morgan fingerprint density at radius 3 is 2.71 bits per heavy atom. The van der Waals surface area contributed by atoms with Crippen LogP contribution < -0.4 is 15.2 Å². The Kier molecular flexibility index (Phi) is 4.22. The average molecular weight is 197 g/mol. The fraction of sp³-hybridized carbons (Fsp3) is 0.400. The quantitative estimate of drug-likeness (QED) is 0.681. The second kappa shape index (κ2) is 5.47. The van der Waals surface area contributed by atoms with E-state index in [0.29, 0.717) is 11.5 Å². The Bertz CT molecular complexity index is 289. The Morgan fingerprint density at radius 1 is 1.29 bits per heavy atom. The predicted octanol–water partition coefficient (Wildman–Crippen LogP) is 0.661. The van der Waals surface area contributed by atoms with E-state index < -0.39 is 0 Å². The van der Waals surface area contributed by atoms with Crippen molar-refractivity contribution in [2.24, 2.45) is 5.73 Å². The van der Waals surface area contributed by atoms with Gasteiger partial charge in [-0.3, -0.25) is 5.73 Å². The summed E-state index contributed by atoms with van der Waals surface area (Å²) in [5, 5.41) is 8.63. The van der Waals surface area contributed by atoms with Crippen LogP contribution in [0.25, 0.3) is 0 Å². The topological polar surface area (TPSA) is 64.7 Å². The van der Waals surface area contributed by atoms with E-state index in [0.717, 1.165) is 5.56 Å². The lowest BCUT2D eigenvalue weighted by molar-refractivity contribution is 0.194. The van der Waals surface area contributed by atoms with Gasteiger partial charge in [0.15, 0.2) is 11.5 Å². The fourth-order valence-electron chi connectivity index (χ4n) is 1.09. The van der Waals surface area contributed by atoms with Gasteiger partial charge in [0.1, 0.15) is 13.3 Å². The summed E-state index contributed by atoms with van der Waals surface area (Å²) in [6, 6.07) is 5.56. The van der Waals surface area contributed by atoms with Crippen LogP contribution >= 0.6 is 0 Å². The summed E-state index contributed by atoms with van der Waals surface area (Å²) in [6.07, 6.45) is 0. The van der Waals surface area contributed by atoms with Crippen LogP contribution in [-0.4, -0.2) is 25.1 Å². The number of hydrogen-bond acceptors (Lipinski definition) is 4. The highest BCUT2D eigenvalue weighted by Crippen LogP contribution is 2.27. The van der Waals surface area contributed by atoms with Crippen LogP contribution in [0.3, 0.4) is 0 Å². The zero-order chi connectivity index (χ0) is 10.4. The summed E-state index contributed by atoms with van der Waals surface area (Å²) >= 11 is 0. The van der Waals surface area contributed by atoms with Gasteiger partial charge in [0.2, 0.25) is 0 Å². The molecule has 0 aliphatic rings. The van der Waals surface area contributed by atoms with E-state index in [1.165, 1.54) is 0 Å². The number of aryl methyl sites for hydroxylation is 1. The molecule has 0 aliphatic carbocycles. The third kappa shape index (κ3) is 2.90. The normalized spacial score (nSPS) is 9.93. The van der Waals surface area contributed by atoms with Crippen molar-refractivity contribution in [1.29, 1.82) is 0 Å². The molecule has 0 saturated carbocycles. The van der Waals surface area contributed by atoms with Crippen LogP contribution in [-0.2, 0) is 0 Å². The van der Waals surface area contributed by atoms with Crippen LogP contribution in [0, 0.1) is 6.92 Å².